The fraction of sp³-hybridized carbons (Fsp3) is 0.188. The molecule has 2 amide bonds. The maximum Gasteiger partial charge on any atom is 0.272 e. The molecule has 23 heavy (non-hydrogen) atoms. The van der Waals surface area contributed by atoms with E-state index in [9.17, 15) is 14.4 Å². The van der Waals surface area contributed by atoms with Gasteiger partial charge in [-0.25, -0.2) is 0 Å². The van der Waals surface area contributed by atoms with Gasteiger partial charge in [0, 0.05) is 11.1 Å². The van der Waals surface area contributed by atoms with Gasteiger partial charge in [-0.15, -0.1) is 0 Å². The molecule has 2 aromatic rings. The highest BCUT2D eigenvalue weighted by atomic mass is 16.5. The third-order valence-electron chi connectivity index (χ3n) is 3.14. The van der Waals surface area contributed by atoms with Crippen LogP contribution in [0.15, 0.2) is 35.1 Å². The number of hydrogen-bond donors (Lipinski definition) is 3. The molecule has 7 heteroatoms. The summed E-state index contributed by atoms with van der Waals surface area (Å²) in [7, 11) is 0. The maximum atomic E-state index is 11.9. The van der Waals surface area contributed by atoms with Gasteiger partial charge in [0.05, 0.1) is 12.3 Å². The number of amides is 2. The summed E-state index contributed by atoms with van der Waals surface area (Å²) >= 11 is 0. The highest BCUT2D eigenvalue weighted by molar-refractivity contribution is 5.94. The molecule has 0 unspecified atom stereocenters. The van der Waals surface area contributed by atoms with E-state index in [0.717, 1.165) is 6.42 Å². The molecule has 7 nitrogen and oxygen atoms in total. The third kappa shape index (κ3) is 3.76. The molecule has 2 rings (SSSR count). The lowest BCUT2D eigenvalue weighted by Gasteiger charge is -2.12. The summed E-state index contributed by atoms with van der Waals surface area (Å²) in [4.78, 5) is 36.3. The highest BCUT2D eigenvalue weighted by Gasteiger charge is 2.12. The van der Waals surface area contributed by atoms with Crippen molar-refractivity contribution in [1.82, 2.24) is 4.98 Å². The summed E-state index contributed by atoms with van der Waals surface area (Å²) in [5.74, 6) is -0.105. The summed E-state index contributed by atoms with van der Waals surface area (Å²) < 4.78 is 5.65. The third-order valence-corrected chi connectivity index (χ3v) is 3.14. The molecule has 0 radical (unpaired) electrons. The number of benzene rings is 1. The van der Waals surface area contributed by atoms with E-state index in [0.29, 0.717) is 35.6 Å². The summed E-state index contributed by atoms with van der Waals surface area (Å²) in [6.07, 6.45) is 1.22. The van der Waals surface area contributed by atoms with Crippen LogP contribution in [-0.4, -0.2) is 23.9 Å². The molecule has 0 saturated heterocycles. The highest BCUT2D eigenvalue weighted by Crippen LogP contribution is 2.29. The first kappa shape index (κ1) is 16.3. The second-order valence-electron chi connectivity index (χ2n) is 4.80. The van der Waals surface area contributed by atoms with Gasteiger partial charge in [0.15, 0.2) is 0 Å². The molecule has 4 N–H and O–H groups in total. The Bertz CT molecular complexity index is 783. The van der Waals surface area contributed by atoms with Crippen molar-refractivity contribution in [2.75, 3.05) is 11.9 Å². The molecule has 0 spiro atoms. The topological polar surface area (TPSA) is 114 Å². The van der Waals surface area contributed by atoms with E-state index in [4.69, 9.17) is 10.5 Å². The average Bonchev–Trinajstić information content (AvgIpc) is 2.54. The van der Waals surface area contributed by atoms with Gasteiger partial charge in [-0.1, -0.05) is 6.92 Å². The Labute approximate surface area is 132 Å². The predicted octanol–water partition coefficient (Wildman–Crippen LogP) is 1.50. The van der Waals surface area contributed by atoms with Crippen molar-refractivity contribution in [3.05, 3.63) is 46.2 Å². The van der Waals surface area contributed by atoms with Crippen LogP contribution in [0.5, 0.6) is 5.75 Å². The molecule has 0 aliphatic carbocycles. The Hall–Kier alpha value is -3.09. The van der Waals surface area contributed by atoms with Crippen molar-refractivity contribution in [1.29, 1.82) is 0 Å². The van der Waals surface area contributed by atoms with Gasteiger partial charge in [0.2, 0.25) is 12.3 Å². The average molecular weight is 315 g/mol. The number of H-pyrrole nitrogens is 1. The van der Waals surface area contributed by atoms with Gasteiger partial charge in [-0.3, -0.25) is 14.4 Å². The zero-order valence-corrected chi connectivity index (χ0v) is 12.6. The number of aromatic amines is 1. The summed E-state index contributed by atoms with van der Waals surface area (Å²) in [5.41, 5.74) is 6.45. The monoisotopic (exact) mass is 315 g/mol. The molecule has 120 valence electrons. The van der Waals surface area contributed by atoms with Crippen LogP contribution >= 0.6 is 0 Å². The van der Waals surface area contributed by atoms with E-state index in [2.05, 4.69) is 10.3 Å². The zero-order valence-electron chi connectivity index (χ0n) is 12.6. The molecule has 0 aliphatic rings. The fourth-order valence-electron chi connectivity index (χ4n) is 2.04. The standard InChI is InChI=1S/C16H17N3O4/c1-2-7-23-14-8-10(15(17)21)3-4-11(14)12-5-6-13(18-9-20)16(22)19-12/h3-6,8-9H,2,7H2,1H3,(H2,17,21)(H,18,20)(H,19,22). The molecule has 1 aromatic carbocycles. The first-order valence-corrected chi connectivity index (χ1v) is 7.07. The van der Waals surface area contributed by atoms with Crippen LogP contribution in [0.1, 0.15) is 23.7 Å². The van der Waals surface area contributed by atoms with Crippen molar-refractivity contribution < 1.29 is 14.3 Å². The van der Waals surface area contributed by atoms with Gasteiger partial charge < -0.3 is 20.8 Å². The lowest BCUT2D eigenvalue weighted by Crippen LogP contribution is -2.14. The van der Waals surface area contributed by atoms with E-state index in [1.807, 2.05) is 6.92 Å². The Balaban J connectivity index is 2.48. The number of pyridine rings is 1. The smallest absolute Gasteiger partial charge is 0.272 e. The van der Waals surface area contributed by atoms with Crippen molar-refractivity contribution in [2.45, 2.75) is 13.3 Å². The molecule has 0 fully saturated rings. The zero-order chi connectivity index (χ0) is 16.8. The lowest BCUT2D eigenvalue weighted by atomic mass is 10.1. The van der Waals surface area contributed by atoms with Crippen molar-refractivity contribution in [2.24, 2.45) is 5.73 Å². The second-order valence-corrected chi connectivity index (χ2v) is 4.80. The number of aromatic nitrogens is 1. The minimum absolute atomic E-state index is 0.147. The van der Waals surface area contributed by atoms with Gasteiger partial charge in [-0.05, 0) is 36.8 Å². The quantitative estimate of drug-likeness (QED) is 0.672. The fourth-order valence-corrected chi connectivity index (χ4v) is 2.04. The summed E-state index contributed by atoms with van der Waals surface area (Å²) in [6, 6.07) is 7.90. The predicted molar refractivity (Wildman–Crippen MR) is 86.5 cm³/mol. The lowest BCUT2D eigenvalue weighted by molar-refractivity contribution is -0.105. The van der Waals surface area contributed by atoms with Crippen LogP contribution in [0.3, 0.4) is 0 Å². The van der Waals surface area contributed by atoms with Gasteiger partial charge >= 0.3 is 0 Å². The van der Waals surface area contributed by atoms with E-state index in [1.54, 1.807) is 24.3 Å². The number of rotatable bonds is 7. The van der Waals surface area contributed by atoms with Gasteiger partial charge in [-0.2, -0.15) is 0 Å². The Morgan fingerprint density at radius 1 is 1.35 bits per heavy atom. The largest absolute Gasteiger partial charge is 0.493 e. The number of anilines is 1. The molecule has 1 heterocycles. The number of hydrogen-bond acceptors (Lipinski definition) is 4. The van der Waals surface area contributed by atoms with Crippen molar-refractivity contribution in [3.8, 4) is 17.0 Å². The molecule has 0 bridgehead atoms. The molecule has 0 aliphatic heterocycles. The second kappa shape index (κ2) is 7.26. The van der Waals surface area contributed by atoms with Crippen LogP contribution < -0.4 is 21.3 Å². The number of nitrogens with one attached hydrogen (secondary N) is 2. The first-order chi connectivity index (χ1) is 11.1. The van der Waals surface area contributed by atoms with Crippen molar-refractivity contribution in [3.63, 3.8) is 0 Å². The first-order valence-electron chi connectivity index (χ1n) is 7.07. The molecular formula is C16H17N3O4. The van der Waals surface area contributed by atoms with Gasteiger partial charge in [0.25, 0.3) is 5.56 Å². The molecule has 0 saturated carbocycles. The van der Waals surface area contributed by atoms with Crippen LogP contribution in [-0.2, 0) is 4.79 Å². The number of carbonyl (C=O) groups is 2. The van der Waals surface area contributed by atoms with Crippen LogP contribution in [0.2, 0.25) is 0 Å². The van der Waals surface area contributed by atoms with E-state index < -0.39 is 11.5 Å². The van der Waals surface area contributed by atoms with Crippen molar-refractivity contribution >= 4 is 18.0 Å². The molecular weight excluding hydrogens is 298 g/mol. The molecule has 1 aromatic heterocycles. The maximum absolute atomic E-state index is 11.9. The minimum atomic E-state index is -0.558. The number of nitrogens with two attached hydrogens (primary N) is 1. The van der Waals surface area contributed by atoms with Crippen LogP contribution in [0.4, 0.5) is 5.69 Å². The molecule has 0 atom stereocenters. The Kier molecular flexibility index (Phi) is 5.14. The van der Waals surface area contributed by atoms with Crippen LogP contribution in [0.25, 0.3) is 11.3 Å². The van der Waals surface area contributed by atoms with E-state index in [-0.39, 0.29) is 5.69 Å². The minimum Gasteiger partial charge on any atom is -0.493 e. The van der Waals surface area contributed by atoms with Gasteiger partial charge in [0.1, 0.15) is 11.4 Å². The number of carbonyl (C=O) groups excluding carboxylic acids is 2. The Morgan fingerprint density at radius 2 is 2.13 bits per heavy atom. The summed E-state index contributed by atoms with van der Waals surface area (Å²) in [5, 5.41) is 2.31. The Morgan fingerprint density at radius 3 is 2.74 bits per heavy atom. The number of ether oxygens (including phenoxy) is 1. The normalized spacial score (nSPS) is 10.1. The van der Waals surface area contributed by atoms with E-state index in [1.165, 1.54) is 6.07 Å². The van der Waals surface area contributed by atoms with Crippen LogP contribution in [0, 0.1) is 0 Å². The van der Waals surface area contributed by atoms with E-state index >= 15 is 0 Å². The SMILES string of the molecule is CCCOc1cc(C(N)=O)ccc1-c1ccc(NC=O)c(=O)[nH]1. The summed E-state index contributed by atoms with van der Waals surface area (Å²) in [6.45, 7) is 2.42. The number of primary amides is 1.